The highest BCUT2D eigenvalue weighted by Gasteiger charge is 2.29. The Morgan fingerprint density at radius 3 is 2.40 bits per heavy atom. The van der Waals surface area contributed by atoms with Gasteiger partial charge in [0.15, 0.2) is 0 Å². The fourth-order valence-electron chi connectivity index (χ4n) is 1.55. The second-order valence-corrected chi connectivity index (χ2v) is 4.12. The topological polar surface area (TPSA) is 23.5 Å². The van der Waals surface area contributed by atoms with Gasteiger partial charge in [0.05, 0.1) is 18.7 Å². The van der Waals surface area contributed by atoms with Crippen LogP contribution in [0, 0.1) is 11.8 Å². The SMILES string of the molecule is C=CCN(CC#Cc1ccc(C(F)(F)F)cc1)CCO. The Balaban J connectivity index is 2.65. The zero-order chi connectivity index (χ0) is 15.0. The lowest BCUT2D eigenvalue weighted by atomic mass is 10.1. The molecule has 0 unspecified atom stereocenters. The summed E-state index contributed by atoms with van der Waals surface area (Å²) in [6.07, 6.45) is -2.62. The molecule has 1 aromatic carbocycles. The molecule has 0 saturated carbocycles. The predicted molar refractivity (Wildman–Crippen MR) is 72.0 cm³/mol. The molecule has 0 aliphatic carbocycles. The lowest BCUT2D eigenvalue weighted by molar-refractivity contribution is -0.137. The molecule has 5 heteroatoms. The van der Waals surface area contributed by atoms with Gasteiger partial charge < -0.3 is 5.11 Å². The van der Waals surface area contributed by atoms with Crippen LogP contribution in [0.3, 0.4) is 0 Å². The van der Waals surface area contributed by atoms with Crippen molar-refractivity contribution in [3.05, 3.63) is 48.0 Å². The smallest absolute Gasteiger partial charge is 0.395 e. The van der Waals surface area contributed by atoms with Crippen LogP contribution in [0.2, 0.25) is 0 Å². The summed E-state index contributed by atoms with van der Waals surface area (Å²) in [4.78, 5) is 1.88. The van der Waals surface area contributed by atoms with Crippen LogP contribution < -0.4 is 0 Å². The molecule has 0 bridgehead atoms. The molecule has 0 spiro atoms. The summed E-state index contributed by atoms with van der Waals surface area (Å²) in [7, 11) is 0. The van der Waals surface area contributed by atoms with Gasteiger partial charge in [0.2, 0.25) is 0 Å². The molecule has 0 aromatic heterocycles. The van der Waals surface area contributed by atoms with Crippen molar-refractivity contribution in [1.82, 2.24) is 4.90 Å². The third-order valence-corrected chi connectivity index (χ3v) is 2.55. The van der Waals surface area contributed by atoms with Crippen molar-refractivity contribution in [3.63, 3.8) is 0 Å². The fraction of sp³-hybridized carbons (Fsp3) is 0.333. The number of hydrogen-bond donors (Lipinski definition) is 1. The second kappa shape index (κ2) is 7.73. The van der Waals surface area contributed by atoms with Crippen LogP contribution in [0.15, 0.2) is 36.9 Å². The summed E-state index contributed by atoms with van der Waals surface area (Å²) >= 11 is 0. The first-order chi connectivity index (χ1) is 9.47. The van der Waals surface area contributed by atoms with E-state index in [1.165, 1.54) is 12.1 Å². The van der Waals surface area contributed by atoms with Crippen molar-refractivity contribution in [3.8, 4) is 11.8 Å². The van der Waals surface area contributed by atoms with Crippen molar-refractivity contribution in [2.24, 2.45) is 0 Å². The summed E-state index contributed by atoms with van der Waals surface area (Å²) in [6.45, 7) is 5.13. The van der Waals surface area contributed by atoms with Gasteiger partial charge in [0.1, 0.15) is 0 Å². The van der Waals surface area contributed by atoms with E-state index in [0.717, 1.165) is 12.1 Å². The molecular weight excluding hydrogens is 267 g/mol. The predicted octanol–water partition coefficient (Wildman–Crippen LogP) is 2.54. The van der Waals surface area contributed by atoms with Crippen LogP contribution in [-0.2, 0) is 6.18 Å². The van der Waals surface area contributed by atoms with E-state index in [4.69, 9.17) is 5.11 Å². The van der Waals surface area contributed by atoms with E-state index >= 15 is 0 Å². The first kappa shape index (κ1) is 16.3. The molecule has 0 aliphatic rings. The van der Waals surface area contributed by atoms with Crippen molar-refractivity contribution in [2.75, 3.05) is 26.2 Å². The maximum absolute atomic E-state index is 12.4. The van der Waals surface area contributed by atoms with Gasteiger partial charge in [-0.3, -0.25) is 4.90 Å². The summed E-state index contributed by atoms with van der Waals surface area (Å²) in [6, 6.07) is 4.72. The summed E-state index contributed by atoms with van der Waals surface area (Å²) in [5.41, 5.74) is -0.155. The minimum atomic E-state index is -4.33. The molecule has 1 aromatic rings. The molecule has 20 heavy (non-hydrogen) atoms. The van der Waals surface area contributed by atoms with E-state index in [-0.39, 0.29) is 6.61 Å². The number of aliphatic hydroxyl groups is 1. The van der Waals surface area contributed by atoms with E-state index < -0.39 is 11.7 Å². The maximum atomic E-state index is 12.4. The van der Waals surface area contributed by atoms with Crippen LogP contribution in [0.4, 0.5) is 13.2 Å². The third kappa shape index (κ3) is 5.47. The second-order valence-electron chi connectivity index (χ2n) is 4.12. The number of hydrogen-bond acceptors (Lipinski definition) is 2. The van der Waals surface area contributed by atoms with Crippen molar-refractivity contribution in [1.29, 1.82) is 0 Å². The van der Waals surface area contributed by atoms with Crippen LogP contribution in [0.1, 0.15) is 11.1 Å². The molecule has 0 radical (unpaired) electrons. The highest BCUT2D eigenvalue weighted by atomic mass is 19.4. The zero-order valence-electron chi connectivity index (χ0n) is 11.0. The number of nitrogens with zero attached hydrogens (tertiary/aromatic N) is 1. The molecular formula is C15H16F3NO. The van der Waals surface area contributed by atoms with Gasteiger partial charge in [-0.25, -0.2) is 0 Å². The third-order valence-electron chi connectivity index (χ3n) is 2.55. The Morgan fingerprint density at radius 2 is 1.90 bits per heavy atom. The van der Waals surface area contributed by atoms with Gasteiger partial charge >= 0.3 is 6.18 Å². The molecule has 0 heterocycles. The Bertz CT molecular complexity index is 483. The van der Waals surface area contributed by atoms with Gasteiger partial charge in [-0.2, -0.15) is 13.2 Å². The van der Waals surface area contributed by atoms with Crippen molar-refractivity contribution >= 4 is 0 Å². The lowest BCUT2D eigenvalue weighted by Gasteiger charge is -2.15. The van der Waals surface area contributed by atoms with E-state index in [1.54, 1.807) is 6.08 Å². The maximum Gasteiger partial charge on any atom is 0.416 e. The molecule has 0 atom stereocenters. The quantitative estimate of drug-likeness (QED) is 0.663. The van der Waals surface area contributed by atoms with Crippen molar-refractivity contribution in [2.45, 2.75) is 6.18 Å². The summed E-state index contributed by atoms with van der Waals surface area (Å²) < 4.78 is 37.1. The van der Waals surface area contributed by atoms with Crippen LogP contribution in [0.25, 0.3) is 0 Å². The highest BCUT2D eigenvalue weighted by molar-refractivity contribution is 5.37. The molecule has 0 fully saturated rings. The average molecular weight is 283 g/mol. The molecule has 108 valence electrons. The van der Waals surface area contributed by atoms with Gasteiger partial charge in [-0.05, 0) is 24.3 Å². The van der Waals surface area contributed by atoms with Gasteiger partial charge in [0, 0.05) is 18.7 Å². The Morgan fingerprint density at radius 1 is 1.25 bits per heavy atom. The van der Waals surface area contributed by atoms with E-state index in [1.807, 2.05) is 4.90 Å². The minimum absolute atomic E-state index is 0.0236. The molecule has 1 N–H and O–H groups in total. The molecule has 0 aliphatic heterocycles. The largest absolute Gasteiger partial charge is 0.416 e. The van der Waals surface area contributed by atoms with Crippen LogP contribution in [-0.4, -0.2) is 36.2 Å². The van der Waals surface area contributed by atoms with E-state index in [2.05, 4.69) is 18.4 Å². The number of benzene rings is 1. The van der Waals surface area contributed by atoms with Crippen LogP contribution in [0.5, 0.6) is 0 Å². The molecule has 0 amide bonds. The zero-order valence-corrected chi connectivity index (χ0v) is 11.0. The van der Waals surface area contributed by atoms with E-state index in [9.17, 15) is 13.2 Å². The van der Waals surface area contributed by atoms with Gasteiger partial charge in [-0.15, -0.1) is 6.58 Å². The standard InChI is InChI=1S/C15H16F3NO/c1-2-9-19(11-12-20)10-3-4-13-5-7-14(8-6-13)15(16,17)18/h2,5-8,20H,1,9-12H2. The lowest BCUT2D eigenvalue weighted by Crippen LogP contribution is -2.27. The summed E-state index contributed by atoms with van der Waals surface area (Å²) in [5, 5.41) is 8.86. The normalized spacial score (nSPS) is 11.1. The minimum Gasteiger partial charge on any atom is -0.395 e. The van der Waals surface area contributed by atoms with E-state index in [0.29, 0.717) is 25.2 Å². The highest BCUT2D eigenvalue weighted by Crippen LogP contribution is 2.28. The number of alkyl halides is 3. The average Bonchev–Trinajstić information content (AvgIpc) is 2.39. The van der Waals surface area contributed by atoms with Gasteiger partial charge in [-0.1, -0.05) is 17.9 Å². The monoisotopic (exact) mass is 283 g/mol. The first-order valence-electron chi connectivity index (χ1n) is 6.07. The molecule has 1 rings (SSSR count). The number of halogens is 3. The van der Waals surface area contributed by atoms with Crippen LogP contribution >= 0.6 is 0 Å². The number of aliphatic hydroxyl groups excluding tert-OH is 1. The van der Waals surface area contributed by atoms with Gasteiger partial charge in [0.25, 0.3) is 0 Å². The van der Waals surface area contributed by atoms with Crippen molar-refractivity contribution < 1.29 is 18.3 Å². The first-order valence-corrected chi connectivity index (χ1v) is 6.07. The Hall–Kier alpha value is -1.77. The summed E-state index contributed by atoms with van der Waals surface area (Å²) in [5.74, 6) is 5.66. The Labute approximate surface area is 116 Å². The molecule has 2 nitrogen and oxygen atoms in total. The Kier molecular flexibility index (Phi) is 6.29. The molecule has 0 saturated heterocycles. The fourth-order valence-corrected chi connectivity index (χ4v) is 1.55. The number of rotatable bonds is 5.